The lowest BCUT2D eigenvalue weighted by Crippen LogP contribution is -2.26. The molecule has 0 atom stereocenters. The molecule has 0 aliphatic heterocycles. The molecule has 1 aromatic carbocycles. The smallest absolute Gasteiger partial charge is 0.243 e. The highest BCUT2D eigenvalue weighted by atomic mass is 32.2. The predicted octanol–water partition coefficient (Wildman–Crippen LogP) is 1.84. The summed E-state index contributed by atoms with van der Waals surface area (Å²) in [5.74, 6) is 0. The molecule has 2 rings (SSSR count). The van der Waals surface area contributed by atoms with E-state index in [1.54, 1.807) is 5.51 Å². The summed E-state index contributed by atoms with van der Waals surface area (Å²) >= 11 is 1.42. The average Bonchev–Trinajstić information content (AvgIpc) is 2.91. The minimum atomic E-state index is -3.55. The first kappa shape index (κ1) is 13.7. The largest absolute Gasteiger partial charge is 0.248 e. The van der Waals surface area contributed by atoms with E-state index in [1.165, 1.54) is 47.0 Å². The van der Waals surface area contributed by atoms with Gasteiger partial charge in [-0.15, -0.1) is 11.3 Å². The first-order chi connectivity index (χ1) is 9.04. The molecule has 0 saturated carbocycles. The second-order valence-corrected chi connectivity index (χ2v) is 6.64. The van der Waals surface area contributed by atoms with Crippen molar-refractivity contribution in [3.05, 3.63) is 46.4 Å². The standard InChI is InChI=1S/C12H11N3O2S2/c1-15(7-11-8-18-9-14-11)19(16,17)12-4-2-10(6-13)3-5-12/h2-5,8-9H,7H2,1H3. The maximum atomic E-state index is 12.3. The molecule has 0 radical (unpaired) electrons. The third-order valence-corrected chi connectivity index (χ3v) is 5.01. The quantitative estimate of drug-likeness (QED) is 0.862. The molecule has 1 aromatic heterocycles. The summed E-state index contributed by atoms with van der Waals surface area (Å²) in [6, 6.07) is 7.81. The van der Waals surface area contributed by atoms with Crippen LogP contribution in [0, 0.1) is 11.3 Å². The minimum absolute atomic E-state index is 0.171. The highest BCUT2D eigenvalue weighted by Crippen LogP contribution is 2.17. The summed E-state index contributed by atoms with van der Waals surface area (Å²) in [6.45, 7) is 0.228. The van der Waals surface area contributed by atoms with E-state index in [0.717, 1.165) is 0 Å². The van der Waals surface area contributed by atoms with Crippen molar-refractivity contribution < 1.29 is 8.42 Å². The summed E-state index contributed by atoms with van der Waals surface area (Å²) in [4.78, 5) is 4.23. The summed E-state index contributed by atoms with van der Waals surface area (Å²) in [7, 11) is -2.04. The number of thiazole rings is 1. The normalized spacial score (nSPS) is 11.4. The summed E-state index contributed by atoms with van der Waals surface area (Å²) in [6.07, 6.45) is 0. The molecular weight excluding hydrogens is 282 g/mol. The zero-order valence-electron chi connectivity index (χ0n) is 10.1. The number of aromatic nitrogens is 1. The van der Waals surface area contributed by atoms with Crippen molar-refractivity contribution in [3.8, 4) is 6.07 Å². The van der Waals surface area contributed by atoms with Gasteiger partial charge in [-0.3, -0.25) is 0 Å². The van der Waals surface area contributed by atoms with Gasteiger partial charge in [-0.25, -0.2) is 13.4 Å². The van der Waals surface area contributed by atoms with E-state index in [4.69, 9.17) is 5.26 Å². The zero-order chi connectivity index (χ0) is 13.9. The average molecular weight is 293 g/mol. The molecule has 0 N–H and O–H groups in total. The monoisotopic (exact) mass is 293 g/mol. The topological polar surface area (TPSA) is 74.1 Å². The Hall–Kier alpha value is -1.75. The van der Waals surface area contributed by atoms with Crippen molar-refractivity contribution >= 4 is 21.4 Å². The Morgan fingerprint density at radius 3 is 2.58 bits per heavy atom. The molecule has 0 saturated heterocycles. The molecular formula is C12H11N3O2S2. The molecule has 0 aliphatic carbocycles. The molecule has 5 nitrogen and oxygen atoms in total. The van der Waals surface area contributed by atoms with Gasteiger partial charge in [0.05, 0.1) is 34.3 Å². The van der Waals surface area contributed by atoms with Crippen LogP contribution in [0.4, 0.5) is 0 Å². The Labute approximate surface area is 115 Å². The zero-order valence-corrected chi connectivity index (χ0v) is 11.8. The van der Waals surface area contributed by atoms with Crippen molar-refractivity contribution in [1.29, 1.82) is 5.26 Å². The molecule has 98 valence electrons. The molecule has 0 unspecified atom stereocenters. The number of hydrogen-bond donors (Lipinski definition) is 0. The Kier molecular flexibility index (Phi) is 3.95. The van der Waals surface area contributed by atoms with Crippen molar-refractivity contribution in [2.45, 2.75) is 11.4 Å². The van der Waals surface area contributed by atoms with Crippen LogP contribution in [0.3, 0.4) is 0 Å². The van der Waals surface area contributed by atoms with Crippen LogP contribution in [-0.4, -0.2) is 24.8 Å². The van der Waals surface area contributed by atoms with Gasteiger partial charge in [-0.2, -0.15) is 9.57 Å². The Morgan fingerprint density at radius 1 is 1.37 bits per heavy atom. The number of sulfonamides is 1. The van der Waals surface area contributed by atoms with E-state index >= 15 is 0 Å². The first-order valence-electron chi connectivity index (χ1n) is 5.37. The van der Waals surface area contributed by atoms with Crippen LogP contribution < -0.4 is 0 Å². The van der Waals surface area contributed by atoms with Crippen LogP contribution in [0.2, 0.25) is 0 Å². The number of hydrogen-bond acceptors (Lipinski definition) is 5. The van der Waals surface area contributed by atoms with Crippen LogP contribution in [0.5, 0.6) is 0 Å². The summed E-state index contributed by atoms with van der Waals surface area (Å²) in [5.41, 5.74) is 2.81. The van der Waals surface area contributed by atoms with Crippen LogP contribution in [0.1, 0.15) is 11.3 Å². The van der Waals surface area contributed by atoms with E-state index < -0.39 is 10.0 Å². The maximum absolute atomic E-state index is 12.3. The lowest BCUT2D eigenvalue weighted by atomic mass is 10.2. The van der Waals surface area contributed by atoms with E-state index in [2.05, 4.69) is 4.98 Å². The van der Waals surface area contributed by atoms with Gasteiger partial charge in [0.1, 0.15) is 0 Å². The van der Waals surface area contributed by atoms with Gasteiger partial charge in [0.2, 0.25) is 10.0 Å². The van der Waals surface area contributed by atoms with E-state index in [1.807, 2.05) is 11.4 Å². The summed E-state index contributed by atoms with van der Waals surface area (Å²) in [5, 5.41) is 10.5. The van der Waals surface area contributed by atoms with Crippen LogP contribution in [0.25, 0.3) is 0 Å². The Bertz CT molecular complexity index is 686. The van der Waals surface area contributed by atoms with Gasteiger partial charge in [-0.05, 0) is 24.3 Å². The van der Waals surface area contributed by atoms with Crippen LogP contribution in [0.15, 0.2) is 40.1 Å². The first-order valence-corrected chi connectivity index (χ1v) is 7.76. The third-order valence-electron chi connectivity index (χ3n) is 2.56. The second-order valence-electron chi connectivity index (χ2n) is 3.88. The van der Waals surface area contributed by atoms with E-state index in [-0.39, 0.29) is 11.4 Å². The second kappa shape index (κ2) is 5.48. The van der Waals surface area contributed by atoms with Crippen molar-refractivity contribution in [2.75, 3.05) is 7.05 Å². The molecule has 0 aliphatic rings. The van der Waals surface area contributed by atoms with Gasteiger partial charge in [0.25, 0.3) is 0 Å². The van der Waals surface area contributed by atoms with Gasteiger partial charge in [0.15, 0.2) is 0 Å². The highest BCUT2D eigenvalue weighted by molar-refractivity contribution is 7.89. The fourth-order valence-corrected chi connectivity index (χ4v) is 3.20. The number of benzene rings is 1. The lowest BCUT2D eigenvalue weighted by Gasteiger charge is -2.15. The SMILES string of the molecule is CN(Cc1cscn1)S(=O)(=O)c1ccc(C#N)cc1. The molecule has 0 fully saturated rings. The maximum Gasteiger partial charge on any atom is 0.243 e. The van der Waals surface area contributed by atoms with Crippen molar-refractivity contribution in [3.63, 3.8) is 0 Å². The van der Waals surface area contributed by atoms with Gasteiger partial charge >= 0.3 is 0 Å². The predicted molar refractivity (Wildman–Crippen MR) is 71.9 cm³/mol. The Morgan fingerprint density at radius 2 is 2.05 bits per heavy atom. The molecule has 1 heterocycles. The number of nitriles is 1. The van der Waals surface area contributed by atoms with E-state index in [0.29, 0.717) is 11.3 Å². The molecule has 2 aromatic rings. The van der Waals surface area contributed by atoms with Crippen molar-refractivity contribution in [2.24, 2.45) is 0 Å². The fraction of sp³-hybridized carbons (Fsp3) is 0.167. The third kappa shape index (κ3) is 2.98. The van der Waals surface area contributed by atoms with Crippen LogP contribution >= 0.6 is 11.3 Å². The summed E-state index contributed by atoms with van der Waals surface area (Å²) < 4.78 is 25.8. The number of nitrogens with zero attached hydrogens (tertiary/aromatic N) is 3. The lowest BCUT2D eigenvalue weighted by molar-refractivity contribution is 0.463. The molecule has 0 amide bonds. The minimum Gasteiger partial charge on any atom is -0.248 e. The van der Waals surface area contributed by atoms with Gasteiger partial charge in [-0.1, -0.05) is 0 Å². The van der Waals surface area contributed by atoms with E-state index in [9.17, 15) is 8.42 Å². The Balaban J connectivity index is 2.23. The molecule has 19 heavy (non-hydrogen) atoms. The van der Waals surface area contributed by atoms with Gasteiger partial charge < -0.3 is 0 Å². The fourth-order valence-electron chi connectivity index (χ4n) is 1.51. The van der Waals surface area contributed by atoms with Crippen LogP contribution in [-0.2, 0) is 16.6 Å². The molecule has 0 spiro atoms. The highest BCUT2D eigenvalue weighted by Gasteiger charge is 2.21. The molecule has 0 bridgehead atoms. The molecule has 7 heteroatoms. The van der Waals surface area contributed by atoms with Crippen molar-refractivity contribution in [1.82, 2.24) is 9.29 Å². The van der Waals surface area contributed by atoms with Gasteiger partial charge in [0, 0.05) is 12.4 Å². The number of rotatable bonds is 4.